The fraction of sp³-hybridized carbons (Fsp3) is 0.375. The molecule has 1 saturated heterocycles. The smallest absolute Gasteiger partial charge is 0.212 e. The molecule has 2 aromatic carbocycles. The molecule has 1 aliphatic rings. The average Bonchev–Trinajstić information content (AvgIpc) is 3.06. The van der Waals surface area contributed by atoms with Crippen LogP contribution in [0.3, 0.4) is 0 Å². The number of hydrogen-bond acceptors (Lipinski definition) is 7. The number of nitrogens with one attached hydrogen (secondary N) is 1. The molecule has 0 bridgehead atoms. The van der Waals surface area contributed by atoms with Crippen LogP contribution in [0.1, 0.15) is 25.1 Å². The molecule has 4 rings (SSSR count). The number of aromatic nitrogens is 1. The zero-order valence-corrected chi connectivity index (χ0v) is 19.6. The van der Waals surface area contributed by atoms with E-state index < -0.39 is 13.0 Å². The number of fused-ring (bicyclic) bond motifs is 1. The molecular formula is C24H29N2O5P. The lowest BCUT2D eigenvalue weighted by Gasteiger charge is -2.26. The van der Waals surface area contributed by atoms with Gasteiger partial charge in [-0.15, -0.1) is 0 Å². The zero-order valence-electron chi connectivity index (χ0n) is 18.7. The number of pyridine rings is 1. The molecule has 7 nitrogen and oxygen atoms in total. The zero-order chi connectivity index (χ0) is 22.9. The van der Waals surface area contributed by atoms with E-state index in [9.17, 15) is 9.67 Å². The molecule has 0 amide bonds. The normalized spacial score (nSPS) is 23.8. The number of methoxy groups -OCH3 is 2. The second kappa shape index (κ2) is 9.00. The van der Waals surface area contributed by atoms with Gasteiger partial charge in [-0.1, -0.05) is 25.1 Å². The Morgan fingerprint density at radius 2 is 1.88 bits per heavy atom. The van der Waals surface area contributed by atoms with E-state index in [1.165, 1.54) is 14.2 Å². The topological polar surface area (TPSA) is 89.9 Å². The van der Waals surface area contributed by atoms with Gasteiger partial charge < -0.3 is 24.4 Å². The molecule has 3 aromatic rings. The summed E-state index contributed by atoms with van der Waals surface area (Å²) < 4.78 is 30.8. The van der Waals surface area contributed by atoms with Crippen LogP contribution in [-0.4, -0.2) is 43.1 Å². The van der Waals surface area contributed by atoms with E-state index in [4.69, 9.17) is 14.0 Å². The minimum Gasteiger partial charge on any atom is -0.502 e. The first-order valence-electron chi connectivity index (χ1n) is 10.7. The number of nitrogens with zero attached hydrogens (tertiary/aromatic N) is 1. The highest BCUT2D eigenvalue weighted by atomic mass is 31.2. The maximum Gasteiger partial charge on any atom is 0.212 e. The van der Waals surface area contributed by atoms with Gasteiger partial charge >= 0.3 is 0 Å². The number of hydrogen-bond donors (Lipinski definition) is 2. The molecule has 1 aliphatic heterocycles. The van der Waals surface area contributed by atoms with Crippen molar-refractivity contribution in [2.75, 3.05) is 32.2 Å². The Kier molecular flexibility index (Phi) is 6.31. The Morgan fingerprint density at radius 3 is 2.50 bits per heavy atom. The number of rotatable bonds is 7. The Bertz CT molecular complexity index is 1130. The van der Waals surface area contributed by atoms with Crippen molar-refractivity contribution in [3.05, 3.63) is 54.2 Å². The average molecular weight is 456 g/mol. The van der Waals surface area contributed by atoms with Crippen LogP contribution < -0.4 is 14.8 Å². The molecular weight excluding hydrogens is 427 g/mol. The number of ether oxygens (including phenoxy) is 2. The van der Waals surface area contributed by atoms with E-state index >= 15 is 0 Å². The Labute approximate surface area is 188 Å². The van der Waals surface area contributed by atoms with Gasteiger partial charge in [-0.2, -0.15) is 0 Å². The third-order valence-corrected chi connectivity index (χ3v) is 9.35. The first kappa shape index (κ1) is 22.4. The van der Waals surface area contributed by atoms with E-state index in [-0.39, 0.29) is 29.3 Å². The standard InChI is InChI=1S/C24H29N2O5P/c1-15-14-32(28,31-16(15)2)23(18-10-21(29-3)24(27)22(11-18)30-4)13-25-19-9-17-7-5-6-8-20(17)26-12-19/h5-12,15-16,23,25,27H,13-14H2,1-4H3. The molecule has 4 unspecified atom stereocenters. The van der Waals surface area contributed by atoms with E-state index in [0.29, 0.717) is 12.7 Å². The van der Waals surface area contributed by atoms with Crippen LogP contribution >= 0.6 is 7.37 Å². The van der Waals surface area contributed by atoms with Gasteiger partial charge in [0.05, 0.1) is 43.4 Å². The summed E-state index contributed by atoms with van der Waals surface area (Å²) in [5.41, 5.74) is 2.02. The molecule has 1 fully saturated rings. The maximum absolute atomic E-state index is 14.0. The number of aromatic hydroxyl groups is 1. The summed E-state index contributed by atoms with van der Waals surface area (Å²) >= 11 is 0. The van der Waals surface area contributed by atoms with Gasteiger partial charge in [0.25, 0.3) is 0 Å². The van der Waals surface area contributed by atoms with Crippen molar-refractivity contribution in [2.24, 2.45) is 5.92 Å². The molecule has 0 saturated carbocycles. The minimum absolute atomic E-state index is 0.0865. The Balaban J connectivity index is 1.70. The lowest BCUT2D eigenvalue weighted by atomic mass is 10.1. The van der Waals surface area contributed by atoms with Gasteiger partial charge in [0, 0.05) is 18.1 Å². The van der Waals surface area contributed by atoms with Gasteiger partial charge in [0.2, 0.25) is 13.1 Å². The van der Waals surface area contributed by atoms with Crippen LogP contribution in [0.15, 0.2) is 48.7 Å². The SMILES string of the molecule is COc1cc(C(CNc2cnc3ccccc3c2)P2(=O)CC(C)C(C)O2)cc(OC)c1O. The number of benzene rings is 2. The first-order valence-corrected chi connectivity index (χ1v) is 12.5. The van der Waals surface area contributed by atoms with E-state index in [2.05, 4.69) is 17.2 Å². The largest absolute Gasteiger partial charge is 0.502 e. The summed E-state index contributed by atoms with van der Waals surface area (Å²) in [6.45, 7) is 4.38. The van der Waals surface area contributed by atoms with Gasteiger partial charge in [0.15, 0.2) is 11.5 Å². The van der Waals surface area contributed by atoms with E-state index in [1.807, 2.05) is 37.3 Å². The lowest BCUT2D eigenvalue weighted by molar-refractivity contribution is 0.212. The highest BCUT2D eigenvalue weighted by Gasteiger charge is 2.45. The second-order valence-electron chi connectivity index (χ2n) is 8.28. The molecule has 2 heterocycles. The summed E-state index contributed by atoms with van der Waals surface area (Å²) in [4.78, 5) is 4.50. The van der Waals surface area contributed by atoms with Gasteiger partial charge in [-0.25, -0.2) is 0 Å². The summed E-state index contributed by atoms with van der Waals surface area (Å²) in [5, 5.41) is 14.8. The fourth-order valence-electron chi connectivity index (χ4n) is 4.15. The van der Waals surface area contributed by atoms with Crippen molar-refractivity contribution in [3.8, 4) is 17.2 Å². The Morgan fingerprint density at radius 1 is 1.19 bits per heavy atom. The number of para-hydroxylation sites is 1. The summed E-state index contributed by atoms with van der Waals surface area (Å²) in [6, 6.07) is 13.3. The van der Waals surface area contributed by atoms with Gasteiger partial charge in [-0.3, -0.25) is 9.55 Å². The Hall–Kier alpha value is -2.76. The summed E-state index contributed by atoms with van der Waals surface area (Å²) in [5.74, 6) is 0.635. The van der Waals surface area contributed by atoms with Crippen molar-refractivity contribution in [3.63, 3.8) is 0 Å². The lowest BCUT2D eigenvalue weighted by Crippen LogP contribution is -2.15. The number of anilines is 1. The molecule has 1 aromatic heterocycles. The number of phenols is 1. The maximum atomic E-state index is 14.0. The highest BCUT2D eigenvalue weighted by molar-refractivity contribution is 7.59. The molecule has 2 N–H and O–H groups in total. The molecule has 0 radical (unpaired) electrons. The molecule has 0 spiro atoms. The monoisotopic (exact) mass is 456 g/mol. The van der Waals surface area contributed by atoms with Crippen molar-refractivity contribution in [2.45, 2.75) is 25.6 Å². The predicted molar refractivity (Wildman–Crippen MR) is 126 cm³/mol. The van der Waals surface area contributed by atoms with Crippen LogP contribution in [-0.2, 0) is 9.09 Å². The molecule has 170 valence electrons. The summed E-state index contributed by atoms with van der Waals surface area (Å²) in [7, 11) is -0.0973. The van der Waals surface area contributed by atoms with Crippen LogP contribution in [0.2, 0.25) is 0 Å². The van der Waals surface area contributed by atoms with Crippen LogP contribution in [0, 0.1) is 5.92 Å². The predicted octanol–water partition coefficient (Wildman–Crippen LogP) is 5.44. The van der Waals surface area contributed by atoms with E-state index in [1.54, 1.807) is 18.3 Å². The third-order valence-electron chi connectivity index (χ3n) is 6.14. The first-order chi connectivity index (χ1) is 15.3. The van der Waals surface area contributed by atoms with Crippen LogP contribution in [0.4, 0.5) is 5.69 Å². The van der Waals surface area contributed by atoms with Crippen molar-refractivity contribution in [1.82, 2.24) is 4.98 Å². The van der Waals surface area contributed by atoms with Gasteiger partial charge in [0.1, 0.15) is 0 Å². The van der Waals surface area contributed by atoms with Crippen LogP contribution in [0.5, 0.6) is 17.2 Å². The fourth-order valence-corrected chi connectivity index (χ4v) is 7.48. The molecule has 8 heteroatoms. The van der Waals surface area contributed by atoms with Crippen molar-refractivity contribution < 1.29 is 23.7 Å². The van der Waals surface area contributed by atoms with Gasteiger partial charge in [-0.05, 0) is 42.7 Å². The third kappa shape index (κ3) is 4.27. The molecule has 4 atom stereocenters. The summed E-state index contributed by atoms with van der Waals surface area (Å²) in [6.07, 6.45) is 2.17. The van der Waals surface area contributed by atoms with Crippen molar-refractivity contribution >= 4 is 24.0 Å². The molecule has 0 aliphatic carbocycles. The van der Waals surface area contributed by atoms with Crippen molar-refractivity contribution in [1.29, 1.82) is 0 Å². The number of phenolic OH excluding ortho intramolecular Hbond substituents is 1. The minimum atomic E-state index is -3.05. The molecule has 32 heavy (non-hydrogen) atoms. The van der Waals surface area contributed by atoms with Crippen LogP contribution in [0.25, 0.3) is 10.9 Å². The van der Waals surface area contributed by atoms with E-state index in [0.717, 1.165) is 22.2 Å². The highest BCUT2D eigenvalue weighted by Crippen LogP contribution is 2.66. The second-order valence-corrected chi connectivity index (χ2v) is 10.9. The quantitative estimate of drug-likeness (QED) is 0.457.